The second-order valence-electron chi connectivity index (χ2n) is 5.63. The molecule has 1 aliphatic carbocycles. The summed E-state index contributed by atoms with van der Waals surface area (Å²) in [5.74, 6) is -0.0793. The molecule has 1 aliphatic rings. The van der Waals surface area contributed by atoms with Crippen LogP contribution in [0.15, 0.2) is 12.1 Å². The van der Waals surface area contributed by atoms with Crippen molar-refractivity contribution >= 4 is 29.1 Å². The fourth-order valence-corrected chi connectivity index (χ4v) is 3.11. The highest BCUT2D eigenvalue weighted by molar-refractivity contribution is 6.33. The van der Waals surface area contributed by atoms with Crippen LogP contribution in [0.2, 0.25) is 10.3 Å². The van der Waals surface area contributed by atoms with Gasteiger partial charge in [0.15, 0.2) is 0 Å². The van der Waals surface area contributed by atoms with Crippen LogP contribution in [0.25, 0.3) is 0 Å². The van der Waals surface area contributed by atoms with E-state index in [0.29, 0.717) is 12.1 Å². The minimum atomic E-state index is -0.0793. The van der Waals surface area contributed by atoms with Crippen LogP contribution in [0.5, 0.6) is 0 Å². The molecule has 4 nitrogen and oxygen atoms in total. The molecule has 0 bridgehead atoms. The smallest absolute Gasteiger partial charge is 0.253 e. The quantitative estimate of drug-likeness (QED) is 0.801. The van der Waals surface area contributed by atoms with Crippen molar-refractivity contribution in [3.63, 3.8) is 0 Å². The van der Waals surface area contributed by atoms with Gasteiger partial charge < -0.3 is 9.80 Å². The monoisotopic (exact) mass is 315 g/mol. The minimum Gasteiger partial charge on any atom is -0.340 e. The van der Waals surface area contributed by atoms with Crippen LogP contribution in [-0.2, 0) is 0 Å². The first-order valence-corrected chi connectivity index (χ1v) is 7.36. The van der Waals surface area contributed by atoms with Gasteiger partial charge in [0, 0.05) is 24.7 Å². The number of rotatable bonds is 4. The zero-order valence-corrected chi connectivity index (χ0v) is 13.5. The van der Waals surface area contributed by atoms with Gasteiger partial charge in [-0.1, -0.05) is 23.2 Å². The molecular weight excluding hydrogens is 297 g/mol. The lowest BCUT2D eigenvalue weighted by Crippen LogP contribution is -2.57. The summed E-state index contributed by atoms with van der Waals surface area (Å²) in [6, 6.07) is 3.10. The zero-order chi connectivity index (χ0) is 14.9. The highest BCUT2D eigenvalue weighted by atomic mass is 35.5. The van der Waals surface area contributed by atoms with E-state index < -0.39 is 0 Å². The molecule has 0 aromatic carbocycles. The summed E-state index contributed by atoms with van der Waals surface area (Å²) in [4.78, 5) is 20.3. The summed E-state index contributed by atoms with van der Waals surface area (Å²) in [5, 5.41) is 0.473. The van der Waals surface area contributed by atoms with Gasteiger partial charge in [-0.05, 0) is 45.5 Å². The third-order valence-corrected chi connectivity index (χ3v) is 4.51. The number of hydrogen-bond donors (Lipinski definition) is 0. The Bertz CT molecular complexity index is 495. The number of nitrogens with zero attached hydrogens (tertiary/aromatic N) is 3. The molecular formula is C14H19Cl2N3O. The Morgan fingerprint density at radius 1 is 1.25 bits per heavy atom. The second kappa shape index (κ2) is 5.88. The Labute approximate surface area is 129 Å². The third-order valence-electron chi connectivity index (χ3n) is 4.12. The number of halogens is 2. The summed E-state index contributed by atoms with van der Waals surface area (Å²) in [5.41, 5.74) is 0.580. The first-order valence-electron chi connectivity index (χ1n) is 6.60. The fourth-order valence-electron chi connectivity index (χ4n) is 2.65. The SMILES string of the molecule is CN(CC1(N(C)C)CCC1)C(=O)c1cc(Cl)nc(Cl)c1. The molecule has 0 saturated heterocycles. The Kier molecular flexibility index (Phi) is 4.57. The van der Waals surface area contributed by atoms with Gasteiger partial charge in [0.25, 0.3) is 5.91 Å². The average Bonchev–Trinajstić information content (AvgIpc) is 2.30. The highest BCUT2D eigenvalue weighted by Crippen LogP contribution is 2.36. The van der Waals surface area contributed by atoms with Crippen molar-refractivity contribution in [3.8, 4) is 0 Å². The van der Waals surface area contributed by atoms with E-state index in [9.17, 15) is 4.79 Å². The van der Waals surface area contributed by atoms with Crippen molar-refractivity contribution in [1.29, 1.82) is 0 Å². The molecule has 6 heteroatoms. The molecule has 1 heterocycles. The Morgan fingerprint density at radius 2 is 1.80 bits per heavy atom. The number of aromatic nitrogens is 1. The van der Waals surface area contributed by atoms with Crippen molar-refractivity contribution in [2.75, 3.05) is 27.7 Å². The van der Waals surface area contributed by atoms with E-state index in [2.05, 4.69) is 24.0 Å². The Hall–Kier alpha value is -0.840. The van der Waals surface area contributed by atoms with Gasteiger partial charge in [-0.25, -0.2) is 4.98 Å². The fraction of sp³-hybridized carbons (Fsp3) is 0.571. The van der Waals surface area contributed by atoms with Gasteiger partial charge in [0.2, 0.25) is 0 Å². The molecule has 20 heavy (non-hydrogen) atoms. The lowest BCUT2D eigenvalue weighted by Gasteiger charge is -2.49. The van der Waals surface area contributed by atoms with Gasteiger partial charge in [0.05, 0.1) is 0 Å². The maximum Gasteiger partial charge on any atom is 0.253 e. The van der Waals surface area contributed by atoms with Crippen LogP contribution in [0.3, 0.4) is 0 Å². The summed E-state index contributed by atoms with van der Waals surface area (Å²) in [6.45, 7) is 0.705. The van der Waals surface area contributed by atoms with Gasteiger partial charge in [0.1, 0.15) is 10.3 Å². The molecule has 0 unspecified atom stereocenters. The molecule has 2 rings (SSSR count). The van der Waals surface area contributed by atoms with Gasteiger partial charge >= 0.3 is 0 Å². The molecule has 0 atom stereocenters. The maximum atomic E-state index is 12.5. The van der Waals surface area contributed by atoms with Gasteiger partial charge in [-0.3, -0.25) is 4.79 Å². The first kappa shape index (κ1) is 15.5. The number of carbonyl (C=O) groups is 1. The van der Waals surface area contributed by atoms with E-state index in [0.717, 1.165) is 12.8 Å². The molecule has 0 aliphatic heterocycles. The van der Waals surface area contributed by atoms with Gasteiger partial charge in [-0.15, -0.1) is 0 Å². The maximum absolute atomic E-state index is 12.5. The van der Waals surface area contributed by atoms with Crippen molar-refractivity contribution in [1.82, 2.24) is 14.8 Å². The number of carbonyl (C=O) groups excluding carboxylic acids is 1. The summed E-state index contributed by atoms with van der Waals surface area (Å²) in [6.07, 6.45) is 3.46. The van der Waals surface area contributed by atoms with Crippen LogP contribution < -0.4 is 0 Å². The van der Waals surface area contributed by atoms with Crippen molar-refractivity contribution < 1.29 is 4.79 Å². The number of hydrogen-bond acceptors (Lipinski definition) is 3. The lowest BCUT2D eigenvalue weighted by atomic mass is 9.75. The highest BCUT2D eigenvalue weighted by Gasteiger charge is 2.40. The van der Waals surface area contributed by atoms with E-state index in [-0.39, 0.29) is 21.8 Å². The predicted molar refractivity (Wildman–Crippen MR) is 81.5 cm³/mol. The molecule has 1 aromatic rings. The van der Waals surface area contributed by atoms with Crippen molar-refractivity contribution in [3.05, 3.63) is 28.0 Å². The molecule has 0 radical (unpaired) electrons. The summed E-state index contributed by atoms with van der Waals surface area (Å²) >= 11 is 11.7. The normalized spacial score (nSPS) is 16.9. The molecule has 110 valence electrons. The second-order valence-corrected chi connectivity index (χ2v) is 6.41. The van der Waals surface area contributed by atoms with Crippen LogP contribution >= 0.6 is 23.2 Å². The summed E-state index contributed by atoms with van der Waals surface area (Å²) < 4.78 is 0. The van der Waals surface area contributed by atoms with Crippen LogP contribution in [-0.4, -0.2) is 53.9 Å². The van der Waals surface area contributed by atoms with E-state index in [4.69, 9.17) is 23.2 Å². The Morgan fingerprint density at radius 3 is 2.20 bits per heavy atom. The predicted octanol–water partition coefficient (Wildman–Crippen LogP) is 2.94. The molecule has 1 amide bonds. The van der Waals surface area contributed by atoms with E-state index in [1.54, 1.807) is 17.0 Å². The topological polar surface area (TPSA) is 36.4 Å². The standard InChI is InChI=1S/C14H19Cl2N3O/c1-18(2)14(5-4-6-14)9-19(3)13(20)10-7-11(15)17-12(16)8-10/h7-8H,4-6,9H2,1-3H3. The molecule has 1 saturated carbocycles. The average molecular weight is 316 g/mol. The minimum absolute atomic E-state index is 0.0793. The number of amides is 1. The zero-order valence-electron chi connectivity index (χ0n) is 12.0. The molecule has 1 aromatic heterocycles. The van der Waals surface area contributed by atoms with Crippen LogP contribution in [0, 0.1) is 0 Å². The van der Waals surface area contributed by atoms with Gasteiger partial charge in [-0.2, -0.15) is 0 Å². The Balaban J connectivity index is 2.12. The number of pyridine rings is 1. The number of likely N-dealkylation sites (N-methyl/N-ethyl adjacent to an activating group) is 2. The van der Waals surface area contributed by atoms with Crippen LogP contribution in [0.4, 0.5) is 0 Å². The first-order chi connectivity index (χ1) is 9.34. The van der Waals surface area contributed by atoms with E-state index in [1.165, 1.54) is 6.42 Å². The third kappa shape index (κ3) is 3.08. The molecule has 0 N–H and O–H groups in total. The lowest BCUT2D eigenvalue weighted by molar-refractivity contribution is 0.0252. The van der Waals surface area contributed by atoms with Crippen LogP contribution in [0.1, 0.15) is 29.6 Å². The largest absolute Gasteiger partial charge is 0.340 e. The van der Waals surface area contributed by atoms with Crippen molar-refractivity contribution in [2.24, 2.45) is 0 Å². The van der Waals surface area contributed by atoms with E-state index >= 15 is 0 Å². The van der Waals surface area contributed by atoms with E-state index in [1.807, 2.05) is 7.05 Å². The molecule has 1 fully saturated rings. The summed E-state index contributed by atoms with van der Waals surface area (Å²) in [7, 11) is 5.95. The van der Waals surface area contributed by atoms with Crippen molar-refractivity contribution in [2.45, 2.75) is 24.8 Å². The molecule has 0 spiro atoms.